The topological polar surface area (TPSA) is 105 Å². The summed E-state index contributed by atoms with van der Waals surface area (Å²) in [4.78, 5) is 24.9. The molecule has 1 aromatic heterocycles. The van der Waals surface area contributed by atoms with Crippen LogP contribution in [-0.2, 0) is 11.0 Å². The predicted molar refractivity (Wildman–Crippen MR) is 121 cm³/mol. The molecule has 1 amide bonds. The second-order valence-corrected chi connectivity index (χ2v) is 7.21. The molecule has 0 saturated carbocycles. The number of nitrogen functional groups attached to an aromatic ring is 1. The van der Waals surface area contributed by atoms with Gasteiger partial charge < -0.3 is 16.4 Å². The molecule has 1 aliphatic heterocycles. The van der Waals surface area contributed by atoms with Crippen molar-refractivity contribution in [3.8, 4) is 0 Å². The molecule has 0 saturated heterocycles. The number of carbonyl (C=O) groups is 1. The summed E-state index contributed by atoms with van der Waals surface area (Å²) >= 11 is 0. The number of amides is 1. The monoisotopic (exact) mass is 452 g/mol. The number of carbonyl (C=O) groups excluding carboxylic acids is 1. The minimum absolute atomic E-state index is 0.277. The molecule has 0 atom stereocenters. The number of rotatable bonds is 4. The molecule has 2 aromatic carbocycles. The fraction of sp³-hybridized carbons (Fsp3) is 0.130. The number of hydrogen-bond acceptors (Lipinski definition) is 6. The summed E-state index contributed by atoms with van der Waals surface area (Å²) in [5, 5.41) is 5.85. The Morgan fingerprint density at radius 2 is 1.91 bits per heavy atom. The quantitative estimate of drug-likeness (QED) is 0.499. The molecule has 1 aliphatic rings. The van der Waals surface area contributed by atoms with Gasteiger partial charge in [-0.2, -0.15) is 13.2 Å². The zero-order valence-electron chi connectivity index (χ0n) is 17.2. The number of nitrogens with zero attached hydrogens (tertiary/aromatic N) is 3. The smallest absolute Gasteiger partial charge is 0.382 e. The first kappa shape index (κ1) is 22.0. The third-order valence-corrected chi connectivity index (χ3v) is 4.88. The minimum Gasteiger partial charge on any atom is -0.382 e. The summed E-state index contributed by atoms with van der Waals surface area (Å²) < 4.78 is 38.4. The van der Waals surface area contributed by atoms with E-state index in [1.54, 1.807) is 12.1 Å². The van der Waals surface area contributed by atoms with E-state index in [0.717, 1.165) is 23.4 Å². The van der Waals surface area contributed by atoms with E-state index in [2.05, 4.69) is 25.6 Å². The highest BCUT2D eigenvalue weighted by atomic mass is 19.4. The van der Waals surface area contributed by atoms with E-state index in [-0.39, 0.29) is 11.4 Å². The van der Waals surface area contributed by atoms with Gasteiger partial charge in [-0.05, 0) is 41.5 Å². The number of hydrogen-bond donors (Lipinski definition) is 3. The van der Waals surface area contributed by atoms with E-state index in [9.17, 15) is 18.0 Å². The third-order valence-electron chi connectivity index (χ3n) is 4.88. The standard InChI is InChI=1S/C23H19F3N6O/c24-23(25,26)16-3-1-2-14(12-16)4-9-19(33)31-17-7-5-15(6-8-17)18-10-11-28-22-20(32-18)21(27)29-13-30-22/h1-9,12-13H,10-11H2,(H,31,33)(H3,27,28,29,30)/b9-4-. The van der Waals surface area contributed by atoms with Crippen LogP contribution in [0.15, 0.2) is 65.9 Å². The first-order valence-electron chi connectivity index (χ1n) is 9.98. The maximum Gasteiger partial charge on any atom is 0.416 e. The maximum absolute atomic E-state index is 12.8. The number of aliphatic imine (C=N–C) groups is 1. The van der Waals surface area contributed by atoms with Crippen molar-refractivity contribution in [1.29, 1.82) is 0 Å². The molecule has 0 radical (unpaired) electrons. The van der Waals surface area contributed by atoms with Crippen LogP contribution in [0.1, 0.15) is 23.1 Å². The molecule has 2 heterocycles. The van der Waals surface area contributed by atoms with Crippen LogP contribution in [0.25, 0.3) is 6.08 Å². The molecular weight excluding hydrogens is 433 g/mol. The fourth-order valence-electron chi connectivity index (χ4n) is 3.25. The van der Waals surface area contributed by atoms with Crippen LogP contribution in [0, 0.1) is 0 Å². The van der Waals surface area contributed by atoms with Gasteiger partial charge in [-0.25, -0.2) is 15.0 Å². The van der Waals surface area contributed by atoms with E-state index in [4.69, 9.17) is 5.73 Å². The largest absolute Gasteiger partial charge is 0.416 e. The van der Waals surface area contributed by atoms with E-state index in [1.807, 2.05) is 12.1 Å². The summed E-state index contributed by atoms with van der Waals surface area (Å²) in [6, 6.07) is 11.8. The summed E-state index contributed by atoms with van der Waals surface area (Å²) in [5.74, 6) is 0.396. The average Bonchev–Trinajstić information content (AvgIpc) is 3.02. The molecule has 10 heteroatoms. The molecule has 0 unspecified atom stereocenters. The molecule has 33 heavy (non-hydrogen) atoms. The molecule has 0 bridgehead atoms. The van der Waals surface area contributed by atoms with Gasteiger partial charge >= 0.3 is 6.18 Å². The van der Waals surface area contributed by atoms with Crippen LogP contribution in [-0.4, -0.2) is 28.1 Å². The van der Waals surface area contributed by atoms with Gasteiger partial charge in [0, 0.05) is 24.7 Å². The number of nitrogens with one attached hydrogen (secondary N) is 2. The summed E-state index contributed by atoms with van der Waals surface area (Å²) in [6.45, 7) is 0.626. The molecule has 4 N–H and O–H groups in total. The van der Waals surface area contributed by atoms with Gasteiger partial charge in [0.25, 0.3) is 0 Å². The van der Waals surface area contributed by atoms with Crippen molar-refractivity contribution in [2.24, 2.45) is 4.99 Å². The van der Waals surface area contributed by atoms with Gasteiger partial charge in [0.05, 0.1) is 11.3 Å². The highest BCUT2D eigenvalue weighted by Crippen LogP contribution is 2.31. The summed E-state index contributed by atoms with van der Waals surface area (Å²) in [7, 11) is 0. The molecule has 0 fully saturated rings. The second-order valence-electron chi connectivity index (χ2n) is 7.21. The van der Waals surface area contributed by atoms with Gasteiger partial charge in [-0.1, -0.05) is 24.3 Å². The highest BCUT2D eigenvalue weighted by Gasteiger charge is 2.30. The van der Waals surface area contributed by atoms with Crippen molar-refractivity contribution in [1.82, 2.24) is 9.97 Å². The molecule has 7 nitrogen and oxygen atoms in total. The van der Waals surface area contributed by atoms with Crippen LogP contribution in [0.4, 0.5) is 36.2 Å². The lowest BCUT2D eigenvalue weighted by Crippen LogP contribution is -2.09. The Kier molecular flexibility index (Phi) is 6.07. The number of nitrogens with two attached hydrogens (primary N) is 1. The Balaban J connectivity index is 1.44. The Morgan fingerprint density at radius 3 is 2.67 bits per heavy atom. The molecule has 3 aromatic rings. The number of alkyl halides is 3. The lowest BCUT2D eigenvalue weighted by atomic mass is 10.1. The number of fused-ring (bicyclic) bond motifs is 1. The fourth-order valence-corrected chi connectivity index (χ4v) is 3.25. The Labute approximate surface area is 187 Å². The van der Waals surface area contributed by atoms with E-state index in [1.165, 1.54) is 30.6 Å². The van der Waals surface area contributed by atoms with Crippen LogP contribution < -0.4 is 16.4 Å². The average molecular weight is 452 g/mol. The van der Waals surface area contributed by atoms with Crippen LogP contribution in [0.2, 0.25) is 0 Å². The summed E-state index contributed by atoms with van der Waals surface area (Å²) in [5.41, 5.74) is 8.10. The van der Waals surface area contributed by atoms with E-state index < -0.39 is 17.6 Å². The van der Waals surface area contributed by atoms with Crippen molar-refractivity contribution >= 4 is 40.7 Å². The van der Waals surface area contributed by atoms with Gasteiger partial charge in [0.15, 0.2) is 11.6 Å². The number of halogens is 3. The van der Waals surface area contributed by atoms with Crippen molar-refractivity contribution in [2.75, 3.05) is 22.9 Å². The normalized spacial score (nSPS) is 13.6. The van der Waals surface area contributed by atoms with Crippen LogP contribution in [0.5, 0.6) is 0 Å². The van der Waals surface area contributed by atoms with Crippen molar-refractivity contribution < 1.29 is 18.0 Å². The zero-order valence-corrected chi connectivity index (χ0v) is 17.2. The van der Waals surface area contributed by atoms with Crippen molar-refractivity contribution in [3.05, 3.63) is 77.6 Å². The van der Waals surface area contributed by atoms with Crippen LogP contribution >= 0.6 is 0 Å². The minimum atomic E-state index is -4.44. The number of benzene rings is 2. The lowest BCUT2D eigenvalue weighted by molar-refractivity contribution is -0.137. The van der Waals surface area contributed by atoms with E-state index in [0.29, 0.717) is 30.2 Å². The van der Waals surface area contributed by atoms with E-state index >= 15 is 0 Å². The maximum atomic E-state index is 12.8. The van der Waals surface area contributed by atoms with Gasteiger partial charge in [-0.3, -0.25) is 4.79 Å². The number of aromatic nitrogens is 2. The van der Waals surface area contributed by atoms with Gasteiger partial charge in [-0.15, -0.1) is 0 Å². The molecule has 4 rings (SSSR count). The van der Waals surface area contributed by atoms with Gasteiger partial charge in [0.2, 0.25) is 5.91 Å². The molecular formula is C23H19F3N6O. The van der Waals surface area contributed by atoms with Gasteiger partial charge in [0.1, 0.15) is 12.0 Å². The van der Waals surface area contributed by atoms with Crippen molar-refractivity contribution in [3.63, 3.8) is 0 Å². The highest BCUT2D eigenvalue weighted by molar-refractivity contribution is 6.05. The van der Waals surface area contributed by atoms with Crippen molar-refractivity contribution in [2.45, 2.75) is 12.6 Å². The Hall–Kier alpha value is -4.21. The molecule has 0 aliphatic carbocycles. The predicted octanol–water partition coefficient (Wildman–Crippen LogP) is 4.67. The Bertz CT molecular complexity index is 1240. The zero-order chi connectivity index (χ0) is 23.4. The van der Waals surface area contributed by atoms with Crippen LogP contribution in [0.3, 0.4) is 0 Å². The SMILES string of the molecule is Nc1ncnc2c1N=C(c1ccc(NC(=O)/C=C\c3cccc(C(F)(F)F)c3)cc1)CCN2. The molecule has 0 spiro atoms. The Morgan fingerprint density at radius 1 is 1.12 bits per heavy atom. The summed E-state index contributed by atoms with van der Waals surface area (Å²) in [6.07, 6.45) is 0.0918. The third kappa shape index (κ3) is 5.35. The number of anilines is 3. The first-order valence-corrected chi connectivity index (χ1v) is 9.98. The second kappa shape index (κ2) is 9.11. The molecule has 168 valence electrons. The first-order chi connectivity index (χ1) is 15.8. The lowest BCUT2D eigenvalue weighted by Gasteiger charge is -2.07.